The summed E-state index contributed by atoms with van der Waals surface area (Å²) in [6, 6.07) is 5.26. The molecule has 3 nitrogen and oxygen atoms in total. The first-order valence-corrected chi connectivity index (χ1v) is 6.17. The molecule has 0 spiro atoms. The third kappa shape index (κ3) is 3.60. The normalized spacial score (nSPS) is 10.1. The van der Waals surface area contributed by atoms with E-state index >= 15 is 0 Å². The summed E-state index contributed by atoms with van der Waals surface area (Å²) >= 11 is 3.28. The number of benzene rings is 1. The number of hydrogen-bond donors (Lipinski definition) is 1. The van der Waals surface area contributed by atoms with Crippen LogP contribution in [0.2, 0.25) is 0 Å². The van der Waals surface area contributed by atoms with Crippen LogP contribution >= 0.6 is 15.9 Å². The summed E-state index contributed by atoms with van der Waals surface area (Å²) in [4.78, 5) is 13.0. The van der Waals surface area contributed by atoms with Gasteiger partial charge in [-0.05, 0) is 48.0 Å². The van der Waals surface area contributed by atoms with E-state index in [-0.39, 0.29) is 5.56 Å². The topological polar surface area (TPSA) is 40.5 Å². The van der Waals surface area contributed by atoms with Crippen molar-refractivity contribution in [1.29, 1.82) is 0 Å². The minimum absolute atomic E-state index is 0.278. The van der Waals surface area contributed by atoms with Crippen LogP contribution in [0.25, 0.3) is 0 Å². The molecule has 0 aliphatic carbocycles. The smallest absolute Gasteiger partial charge is 0.336 e. The van der Waals surface area contributed by atoms with Crippen molar-refractivity contribution in [3.05, 3.63) is 40.4 Å². The van der Waals surface area contributed by atoms with E-state index in [9.17, 15) is 4.79 Å². The van der Waals surface area contributed by atoms with E-state index in [1.165, 1.54) is 0 Å². The Morgan fingerprint density at radius 1 is 1.53 bits per heavy atom. The van der Waals surface area contributed by atoms with Gasteiger partial charge in [0.05, 0.1) is 5.56 Å². The Morgan fingerprint density at radius 3 is 2.59 bits per heavy atom. The Kier molecular flexibility index (Phi) is 4.75. The molecule has 17 heavy (non-hydrogen) atoms. The van der Waals surface area contributed by atoms with Crippen LogP contribution in [0.15, 0.2) is 34.8 Å². The van der Waals surface area contributed by atoms with Gasteiger partial charge in [0.2, 0.25) is 0 Å². The number of carboxylic acid groups (broad SMARTS) is 1. The van der Waals surface area contributed by atoms with E-state index in [1.54, 1.807) is 6.07 Å². The first-order chi connectivity index (χ1) is 7.95. The minimum Gasteiger partial charge on any atom is -0.478 e. The van der Waals surface area contributed by atoms with Gasteiger partial charge in [0.25, 0.3) is 0 Å². The molecule has 0 bridgehead atoms. The Morgan fingerprint density at radius 2 is 2.18 bits per heavy atom. The molecule has 0 atom stereocenters. The van der Waals surface area contributed by atoms with Crippen LogP contribution in [-0.2, 0) is 0 Å². The summed E-state index contributed by atoms with van der Waals surface area (Å²) in [6.45, 7) is 9.55. The zero-order chi connectivity index (χ0) is 13.0. The van der Waals surface area contributed by atoms with Gasteiger partial charge in [-0.15, -0.1) is 0 Å². The fourth-order valence-electron chi connectivity index (χ4n) is 1.59. The van der Waals surface area contributed by atoms with Crippen molar-refractivity contribution in [3.8, 4) is 0 Å². The number of nitrogens with zero attached hydrogens (tertiary/aromatic N) is 1. The zero-order valence-corrected chi connectivity index (χ0v) is 11.6. The van der Waals surface area contributed by atoms with E-state index < -0.39 is 5.97 Å². The van der Waals surface area contributed by atoms with Crippen molar-refractivity contribution < 1.29 is 9.90 Å². The van der Waals surface area contributed by atoms with Crippen LogP contribution < -0.4 is 4.90 Å². The first kappa shape index (κ1) is 13.8. The quantitative estimate of drug-likeness (QED) is 0.845. The number of hydrogen-bond acceptors (Lipinski definition) is 2. The fourth-order valence-corrected chi connectivity index (χ4v) is 2.12. The molecule has 0 amide bonds. The highest BCUT2D eigenvalue weighted by molar-refractivity contribution is 9.10. The molecule has 0 aliphatic rings. The van der Waals surface area contributed by atoms with Crippen LogP contribution in [-0.4, -0.2) is 24.2 Å². The monoisotopic (exact) mass is 297 g/mol. The van der Waals surface area contributed by atoms with Gasteiger partial charge >= 0.3 is 5.97 Å². The molecular formula is C13H16BrNO2. The summed E-state index contributed by atoms with van der Waals surface area (Å²) in [7, 11) is 0. The number of carbonyl (C=O) groups is 1. The molecule has 0 aliphatic heterocycles. The van der Waals surface area contributed by atoms with Crippen LogP contribution in [0.4, 0.5) is 5.69 Å². The van der Waals surface area contributed by atoms with E-state index in [4.69, 9.17) is 5.11 Å². The van der Waals surface area contributed by atoms with Crippen molar-refractivity contribution in [2.45, 2.75) is 13.8 Å². The summed E-state index contributed by atoms with van der Waals surface area (Å²) < 4.78 is 0.600. The zero-order valence-electron chi connectivity index (χ0n) is 10.0. The third-order valence-corrected chi connectivity index (χ3v) is 3.05. The van der Waals surface area contributed by atoms with Crippen molar-refractivity contribution in [1.82, 2.24) is 0 Å². The van der Waals surface area contributed by atoms with Gasteiger partial charge < -0.3 is 10.0 Å². The predicted molar refractivity (Wildman–Crippen MR) is 73.8 cm³/mol. The highest BCUT2D eigenvalue weighted by atomic mass is 79.9. The summed E-state index contributed by atoms with van der Waals surface area (Å²) in [5.41, 5.74) is 2.35. The van der Waals surface area contributed by atoms with E-state index in [0.717, 1.165) is 24.4 Å². The molecule has 0 saturated heterocycles. The second-order valence-electron chi connectivity index (χ2n) is 3.94. The molecule has 0 aromatic heterocycles. The molecule has 1 aromatic carbocycles. The second kappa shape index (κ2) is 5.87. The van der Waals surface area contributed by atoms with Crippen molar-refractivity contribution in [2.24, 2.45) is 0 Å². The molecule has 1 aromatic rings. The van der Waals surface area contributed by atoms with Gasteiger partial charge in [0, 0.05) is 23.2 Å². The number of rotatable bonds is 5. The average Bonchev–Trinajstić information content (AvgIpc) is 2.24. The van der Waals surface area contributed by atoms with E-state index in [0.29, 0.717) is 4.47 Å². The molecule has 1 rings (SSSR count). The van der Waals surface area contributed by atoms with E-state index in [1.807, 2.05) is 19.1 Å². The molecule has 4 heteroatoms. The lowest BCUT2D eigenvalue weighted by Gasteiger charge is -2.23. The van der Waals surface area contributed by atoms with Gasteiger partial charge in [-0.2, -0.15) is 0 Å². The Labute approximate surface area is 110 Å². The second-order valence-corrected chi connectivity index (χ2v) is 4.79. The fraction of sp³-hybridized carbons (Fsp3) is 0.308. The summed E-state index contributed by atoms with van der Waals surface area (Å²) in [5, 5.41) is 8.94. The lowest BCUT2D eigenvalue weighted by atomic mass is 10.2. The molecule has 0 unspecified atom stereocenters. The number of halogens is 1. The lowest BCUT2D eigenvalue weighted by molar-refractivity contribution is 0.0696. The largest absolute Gasteiger partial charge is 0.478 e. The highest BCUT2D eigenvalue weighted by Gasteiger charge is 2.11. The average molecular weight is 298 g/mol. The number of likely N-dealkylation sites (N-methyl/N-ethyl adjacent to an activating group) is 1. The SMILES string of the molecule is C=C(C)CN(CC)c1ccc(C(=O)O)c(Br)c1. The molecular weight excluding hydrogens is 282 g/mol. The van der Waals surface area contributed by atoms with Gasteiger partial charge in [-0.3, -0.25) is 0 Å². The minimum atomic E-state index is -0.925. The number of aromatic carboxylic acids is 1. The maximum atomic E-state index is 10.9. The third-order valence-electron chi connectivity index (χ3n) is 2.39. The van der Waals surface area contributed by atoms with Gasteiger partial charge in [0.15, 0.2) is 0 Å². The van der Waals surface area contributed by atoms with Gasteiger partial charge in [-0.25, -0.2) is 4.79 Å². The van der Waals surface area contributed by atoms with Crippen molar-refractivity contribution >= 4 is 27.6 Å². The molecule has 0 fully saturated rings. The van der Waals surface area contributed by atoms with Gasteiger partial charge in [-0.1, -0.05) is 12.2 Å². The Bertz CT molecular complexity index is 443. The van der Waals surface area contributed by atoms with Gasteiger partial charge in [0.1, 0.15) is 0 Å². The van der Waals surface area contributed by atoms with Crippen LogP contribution in [0.1, 0.15) is 24.2 Å². The maximum Gasteiger partial charge on any atom is 0.336 e. The number of anilines is 1. The highest BCUT2D eigenvalue weighted by Crippen LogP contribution is 2.24. The predicted octanol–water partition coefficient (Wildman–Crippen LogP) is 3.55. The Hall–Kier alpha value is -1.29. The summed E-state index contributed by atoms with van der Waals surface area (Å²) in [6.07, 6.45) is 0. The maximum absolute atomic E-state index is 10.9. The standard InChI is InChI=1S/C13H16BrNO2/c1-4-15(8-9(2)3)10-5-6-11(13(16)17)12(14)7-10/h5-7H,2,4,8H2,1,3H3,(H,16,17). The Balaban J connectivity index is 3.02. The van der Waals surface area contributed by atoms with E-state index in [2.05, 4.69) is 34.3 Å². The molecule has 1 N–H and O–H groups in total. The molecule has 0 radical (unpaired) electrons. The number of carboxylic acids is 1. The van der Waals surface area contributed by atoms with Crippen LogP contribution in [0.3, 0.4) is 0 Å². The lowest BCUT2D eigenvalue weighted by Crippen LogP contribution is -2.24. The molecule has 92 valence electrons. The van der Waals surface area contributed by atoms with Crippen LogP contribution in [0, 0.1) is 0 Å². The first-order valence-electron chi connectivity index (χ1n) is 5.38. The van der Waals surface area contributed by atoms with Crippen LogP contribution in [0.5, 0.6) is 0 Å². The van der Waals surface area contributed by atoms with Crippen molar-refractivity contribution in [2.75, 3.05) is 18.0 Å². The van der Waals surface area contributed by atoms with Crippen molar-refractivity contribution in [3.63, 3.8) is 0 Å². The molecule has 0 heterocycles. The summed E-state index contributed by atoms with van der Waals surface area (Å²) in [5.74, 6) is -0.925. The molecule has 0 saturated carbocycles.